The Kier molecular flexibility index (Phi) is 7.43. The van der Waals surface area contributed by atoms with Gasteiger partial charge in [0.25, 0.3) is 0 Å². The third-order valence-electron chi connectivity index (χ3n) is 5.82. The van der Waals surface area contributed by atoms with Gasteiger partial charge in [0.1, 0.15) is 11.6 Å². The second-order valence-electron chi connectivity index (χ2n) is 8.28. The quantitative estimate of drug-likeness (QED) is 0.255. The second-order valence-corrected chi connectivity index (χ2v) is 8.69. The molecule has 4 rings (SSSR count). The second kappa shape index (κ2) is 10.6. The third-order valence-corrected chi connectivity index (χ3v) is 6.13. The van der Waals surface area contributed by atoms with Gasteiger partial charge in [-0.1, -0.05) is 85.3 Å². The van der Waals surface area contributed by atoms with Gasteiger partial charge < -0.3 is 0 Å². The first-order valence-electron chi connectivity index (χ1n) is 11.3. The lowest BCUT2D eigenvalue weighted by molar-refractivity contribution is 0.628. The smallest absolute Gasteiger partial charge is 0.146 e. The molecule has 33 heavy (non-hydrogen) atoms. The Balaban J connectivity index is 1.47. The number of unbranched alkanes of at least 4 members (excludes halogenated alkanes) is 1. The minimum atomic E-state index is -0.539. The summed E-state index contributed by atoms with van der Waals surface area (Å²) in [5, 5.41) is 1.42. The van der Waals surface area contributed by atoms with E-state index in [1.807, 2.05) is 24.3 Å². The molecule has 0 fully saturated rings. The Labute approximate surface area is 199 Å². The van der Waals surface area contributed by atoms with Crippen LogP contribution >= 0.6 is 11.6 Å². The summed E-state index contributed by atoms with van der Waals surface area (Å²) in [5.41, 5.74) is 4.61. The average Bonchev–Trinajstić information content (AvgIpc) is 2.83. The van der Waals surface area contributed by atoms with E-state index in [4.69, 9.17) is 11.6 Å². The van der Waals surface area contributed by atoms with Crippen molar-refractivity contribution in [3.8, 4) is 11.8 Å². The van der Waals surface area contributed by atoms with E-state index in [9.17, 15) is 4.39 Å². The van der Waals surface area contributed by atoms with Crippen molar-refractivity contribution in [3.05, 3.63) is 117 Å². The first-order chi connectivity index (χ1) is 16.0. The van der Waals surface area contributed by atoms with Crippen LogP contribution in [0.25, 0.3) is 10.8 Å². The van der Waals surface area contributed by atoms with E-state index >= 15 is 4.39 Å². The van der Waals surface area contributed by atoms with Crippen molar-refractivity contribution < 1.29 is 8.78 Å². The maximum atomic E-state index is 15.0. The molecule has 0 saturated heterocycles. The summed E-state index contributed by atoms with van der Waals surface area (Å²) in [4.78, 5) is 0. The zero-order chi connectivity index (χ0) is 23.2. The molecular formula is C30H25ClF2. The molecule has 4 aromatic rings. The molecular weight excluding hydrogens is 434 g/mol. The highest BCUT2D eigenvalue weighted by atomic mass is 35.5. The van der Waals surface area contributed by atoms with E-state index in [1.54, 1.807) is 12.1 Å². The van der Waals surface area contributed by atoms with E-state index in [-0.39, 0.29) is 16.4 Å². The lowest BCUT2D eigenvalue weighted by Gasteiger charge is -2.07. The summed E-state index contributed by atoms with van der Waals surface area (Å²) in [7, 11) is 0. The van der Waals surface area contributed by atoms with Crippen molar-refractivity contribution in [1.82, 2.24) is 0 Å². The summed E-state index contributed by atoms with van der Waals surface area (Å²) < 4.78 is 28.6. The number of halogens is 3. The van der Waals surface area contributed by atoms with Crippen molar-refractivity contribution in [1.29, 1.82) is 0 Å². The predicted octanol–water partition coefficient (Wildman–Crippen LogP) is 8.30. The van der Waals surface area contributed by atoms with Crippen LogP contribution in [-0.2, 0) is 19.3 Å². The molecule has 0 aliphatic heterocycles. The Hall–Kier alpha value is -3.15. The summed E-state index contributed by atoms with van der Waals surface area (Å²) in [6.45, 7) is 2.21. The van der Waals surface area contributed by atoms with Gasteiger partial charge in [0.2, 0.25) is 0 Å². The zero-order valence-electron chi connectivity index (χ0n) is 18.6. The standard InChI is InChI=1S/C30H25ClF2/c1-2-3-4-21-5-7-22(8-6-21)9-10-23-12-17-27-26(19-23)16-15-25(30(27)33)14-11-24-13-18-28(31)29(32)20-24/h5-8,12-13,15-20H,2-4,9-10H2,1H3. The lowest BCUT2D eigenvalue weighted by atomic mass is 9.98. The van der Waals surface area contributed by atoms with E-state index in [0.29, 0.717) is 10.9 Å². The lowest BCUT2D eigenvalue weighted by Crippen LogP contribution is -1.94. The van der Waals surface area contributed by atoms with Gasteiger partial charge in [-0.15, -0.1) is 0 Å². The van der Waals surface area contributed by atoms with Crippen LogP contribution in [0.15, 0.2) is 72.8 Å². The normalized spacial score (nSPS) is 10.8. The zero-order valence-corrected chi connectivity index (χ0v) is 19.4. The van der Waals surface area contributed by atoms with Gasteiger partial charge >= 0.3 is 0 Å². The van der Waals surface area contributed by atoms with Gasteiger partial charge in [-0.3, -0.25) is 0 Å². The monoisotopic (exact) mass is 458 g/mol. The molecule has 166 valence electrons. The Morgan fingerprint density at radius 3 is 2.15 bits per heavy atom. The number of aryl methyl sites for hydroxylation is 3. The summed E-state index contributed by atoms with van der Waals surface area (Å²) in [6.07, 6.45) is 5.41. The molecule has 0 amide bonds. The predicted molar refractivity (Wildman–Crippen MR) is 134 cm³/mol. The van der Waals surface area contributed by atoms with Crippen molar-refractivity contribution in [3.63, 3.8) is 0 Å². The first kappa shape index (κ1) is 23.0. The minimum absolute atomic E-state index is 0.0391. The van der Waals surface area contributed by atoms with Gasteiger partial charge in [0.15, 0.2) is 0 Å². The van der Waals surface area contributed by atoms with Crippen LogP contribution in [0.2, 0.25) is 5.02 Å². The summed E-state index contributed by atoms with van der Waals surface area (Å²) in [6, 6.07) is 22.6. The number of hydrogen-bond acceptors (Lipinski definition) is 0. The topological polar surface area (TPSA) is 0 Å². The van der Waals surface area contributed by atoms with Crippen molar-refractivity contribution in [2.24, 2.45) is 0 Å². The Morgan fingerprint density at radius 2 is 1.42 bits per heavy atom. The van der Waals surface area contributed by atoms with Gasteiger partial charge in [-0.25, -0.2) is 8.78 Å². The largest absolute Gasteiger partial charge is 0.205 e. The highest BCUT2D eigenvalue weighted by molar-refractivity contribution is 6.30. The number of fused-ring (bicyclic) bond motifs is 1. The highest BCUT2D eigenvalue weighted by Crippen LogP contribution is 2.23. The molecule has 0 atom stereocenters. The highest BCUT2D eigenvalue weighted by Gasteiger charge is 2.07. The van der Waals surface area contributed by atoms with Gasteiger partial charge in [-0.2, -0.15) is 0 Å². The average molecular weight is 459 g/mol. The number of hydrogen-bond donors (Lipinski definition) is 0. The fourth-order valence-electron chi connectivity index (χ4n) is 3.85. The first-order valence-corrected chi connectivity index (χ1v) is 11.7. The molecule has 0 spiro atoms. The molecule has 0 aromatic heterocycles. The van der Waals surface area contributed by atoms with Crippen LogP contribution in [-0.4, -0.2) is 0 Å². The molecule has 0 radical (unpaired) electrons. The number of benzene rings is 4. The van der Waals surface area contributed by atoms with Gasteiger partial charge in [0.05, 0.1) is 10.6 Å². The third kappa shape index (κ3) is 5.81. The van der Waals surface area contributed by atoms with Gasteiger partial charge in [0, 0.05) is 10.9 Å². The molecule has 0 aliphatic carbocycles. The van der Waals surface area contributed by atoms with Gasteiger partial charge in [-0.05, 0) is 72.0 Å². The van der Waals surface area contributed by atoms with Crippen LogP contribution < -0.4 is 0 Å². The fourth-order valence-corrected chi connectivity index (χ4v) is 3.97. The summed E-state index contributed by atoms with van der Waals surface area (Å²) >= 11 is 5.70. The molecule has 0 heterocycles. The van der Waals surface area contributed by atoms with Crippen molar-refractivity contribution in [2.75, 3.05) is 0 Å². The molecule has 0 N–H and O–H groups in total. The van der Waals surface area contributed by atoms with Crippen LogP contribution in [0.4, 0.5) is 8.78 Å². The maximum Gasteiger partial charge on any atom is 0.146 e. The molecule has 0 saturated carbocycles. The van der Waals surface area contributed by atoms with E-state index in [2.05, 4.69) is 43.0 Å². The minimum Gasteiger partial charge on any atom is -0.205 e. The fraction of sp³-hybridized carbons (Fsp3) is 0.200. The molecule has 4 aromatic carbocycles. The molecule has 0 unspecified atom stereocenters. The van der Waals surface area contributed by atoms with Crippen LogP contribution in [0.5, 0.6) is 0 Å². The van der Waals surface area contributed by atoms with Crippen molar-refractivity contribution in [2.45, 2.75) is 39.0 Å². The van der Waals surface area contributed by atoms with Crippen LogP contribution in [0.1, 0.15) is 47.6 Å². The molecule has 3 heteroatoms. The van der Waals surface area contributed by atoms with E-state index in [0.717, 1.165) is 24.6 Å². The Morgan fingerprint density at radius 1 is 0.727 bits per heavy atom. The molecule has 0 nitrogen and oxygen atoms in total. The summed E-state index contributed by atoms with van der Waals surface area (Å²) in [5.74, 6) is 4.73. The molecule has 0 bridgehead atoms. The number of rotatable bonds is 6. The SMILES string of the molecule is CCCCc1ccc(CCc2ccc3c(F)c(C#Cc4ccc(Cl)c(F)c4)ccc3c2)cc1. The van der Waals surface area contributed by atoms with Crippen molar-refractivity contribution >= 4 is 22.4 Å². The van der Waals surface area contributed by atoms with E-state index < -0.39 is 5.82 Å². The maximum absolute atomic E-state index is 15.0. The van der Waals surface area contributed by atoms with Crippen LogP contribution in [0.3, 0.4) is 0 Å². The van der Waals surface area contributed by atoms with E-state index in [1.165, 1.54) is 41.7 Å². The molecule has 0 aliphatic rings. The Bertz CT molecular complexity index is 1330. The van der Waals surface area contributed by atoms with Crippen LogP contribution in [0, 0.1) is 23.5 Å².